The molecule has 3 rings (SSSR count). The van der Waals surface area contributed by atoms with Crippen molar-refractivity contribution < 1.29 is 9.50 Å². The lowest BCUT2D eigenvalue weighted by atomic mass is 9.75. The number of aliphatic hydroxyl groups excluding tert-OH is 1. The lowest BCUT2D eigenvalue weighted by Gasteiger charge is -2.34. The third-order valence-corrected chi connectivity index (χ3v) is 4.52. The third kappa shape index (κ3) is 2.49. The van der Waals surface area contributed by atoms with Crippen LogP contribution in [-0.4, -0.2) is 9.67 Å². The van der Waals surface area contributed by atoms with Crippen LogP contribution in [0, 0.1) is 18.2 Å². The molecule has 0 saturated heterocycles. The zero-order valence-electron chi connectivity index (χ0n) is 12.5. The van der Waals surface area contributed by atoms with Gasteiger partial charge in [-0.3, -0.25) is 0 Å². The Morgan fingerprint density at radius 3 is 2.71 bits per heavy atom. The van der Waals surface area contributed by atoms with E-state index in [4.69, 9.17) is 11.6 Å². The summed E-state index contributed by atoms with van der Waals surface area (Å²) in [6.07, 6.45) is 1.19. The summed E-state index contributed by atoms with van der Waals surface area (Å²) in [5, 5.41) is 10.5. The normalized spacial score (nSPS) is 20.4. The average Bonchev–Trinajstić information content (AvgIpc) is 2.68. The zero-order chi connectivity index (χ0) is 15.4. The molecule has 0 amide bonds. The van der Waals surface area contributed by atoms with Gasteiger partial charge in [-0.1, -0.05) is 25.4 Å². The minimum atomic E-state index is -0.445. The maximum absolute atomic E-state index is 13.4. The van der Waals surface area contributed by atoms with E-state index in [0.717, 1.165) is 35.5 Å². The first-order valence-electron chi connectivity index (χ1n) is 7.13. The molecule has 1 aliphatic rings. The molecule has 21 heavy (non-hydrogen) atoms. The Morgan fingerprint density at radius 1 is 1.33 bits per heavy atom. The van der Waals surface area contributed by atoms with Crippen LogP contribution in [0.4, 0.5) is 4.39 Å². The summed E-state index contributed by atoms with van der Waals surface area (Å²) in [5.74, 6) is -0.417. The molecule has 0 radical (unpaired) electrons. The molecule has 0 aliphatic heterocycles. The highest BCUT2D eigenvalue weighted by atomic mass is 35.5. The second-order valence-electron chi connectivity index (χ2n) is 6.68. The number of aliphatic hydroxyl groups is 1. The van der Waals surface area contributed by atoms with Crippen molar-refractivity contribution in [3.05, 3.63) is 52.1 Å². The van der Waals surface area contributed by atoms with Crippen LogP contribution in [0.15, 0.2) is 24.3 Å². The van der Waals surface area contributed by atoms with E-state index in [2.05, 4.69) is 18.4 Å². The lowest BCUT2D eigenvalue weighted by molar-refractivity contribution is 0.0987. The summed E-state index contributed by atoms with van der Waals surface area (Å²) >= 11 is 5.91. The highest BCUT2D eigenvalue weighted by Gasteiger charge is 2.34. The van der Waals surface area contributed by atoms with Crippen molar-refractivity contribution >= 4 is 11.6 Å². The van der Waals surface area contributed by atoms with E-state index < -0.39 is 11.9 Å². The van der Waals surface area contributed by atoms with E-state index in [1.54, 1.807) is 12.1 Å². The predicted octanol–water partition coefficient (Wildman–Crippen LogP) is 4.58. The summed E-state index contributed by atoms with van der Waals surface area (Å²) in [6, 6.07) is 6.76. The quantitative estimate of drug-likeness (QED) is 0.819. The van der Waals surface area contributed by atoms with Crippen LogP contribution in [0.1, 0.15) is 43.3 Å². The largest absolute Gasteiger partial charge is 0.388 e. The van der Waals surface area contributed by atoms with E-state index in [0.29, 0.717) is 0 Å². The first-order chi connectivity index (χ1) is 9.78. The topological polar surface area (TPSA) is 25.2 Å². The maximum Gasteiger partial charge on any atom is 0.141 e. The van der Waals surface area contributed by atoms with Crippen LogP contribution < -0.4 is 0 Å². The van der Waals surface area contributed by atoms with E-state index in [1.807, 2.05) is 13.0 Å². The predicted molar refractivity (Wildman–Crippen MR) is 82.5 cm³/mol. The maximum atomic E-state index is 13.4. The monoisotopic (exact) mass is 307 g/mol. The molecule has 1 N–H and O–H groups in total. The van der Waals surface area contributed by atoms with Crippen molar-refractivity contribution in [2.24, 2.45) is 5.41 Å². The number of aryl methyl sites for hydroxylation is 1. The van der Waals surface area contributed by atoms with Gasteiger partial charge in [0.2, 0.25) is 0 Å². The van der Waals surface area contributed by atoms with Crippen LogP contribution in [0.2, 0.25) is 5.02 Å². The molecule has 2 aromatic rings. The highest BCUT2D eigenvalue weighted by molar-refractivity contribution is 6.30. The summed E-state index contributed by atoms with van der Waals surface area (Å²) in [5.41, 5.74) is 3.98. The van der Waals surface area contributed by atoms with Crippen molar-refractivity contribution in [2.45, 2.75) is 39.7 Å². The van der Waals surface area contributed by atoms with Crippen molar-refractivity contribution in [3.8, 4) is 5.69 Å². The first kappa shape index (κ1) is 14.6. The molecule has 0 fully saturated rings. The van der Waals surface area contributed by atoms with Gasteiger partial charge in [-0.2, -0.15) is 0 Å². The molecule has 1 heterocycles. The van der Waals surface area contributed by atoms with Crippen LogP contribution in [0.3, 0.4) is 0 Å². The molecular weight excluding hydrogens is 289 g/mol. The fourth-order valence-corrected chi connectivity index (χ4v) is 3.50. The van der Waals surface area contributed by atoms with E-state index in [1.165, 1.54) is 6.07 Å². The molecule has 1 atom stereocenters. The number of aromatic nitrogens is 1. The van der Waals surface area contributed by atoms with Crippen molar-refractivity contribution in [1.82, 2.24) is 4.57 Å². The molecule has 1 unspecified atom stereocenters. The molecule has 0 spiro atoms. The minimum absolute atomic E-state index is 0.0405. The Hall–Kier alpha value is -1.32. The number of fused-ring (bicyclic) bond motifs is 1. The Labute approximate surface area is 129 Å². The number of rotatable bonds is 1. The zero-order valence-corrected chi connectivity index (χ0v) is 13.2. The number of nitrogens with zero attached hydrogens (tertiary/aromatic N) is 1. The Balaban J connectivity index is 2.18. The average molecular weight is 308 g/mol. The van der Waals surface area contributed by atoms with Gasteiger partial charge < -0.3 is 9.67 Å². The van der Waals surface area contributed by atoms with Crippen LogP contribution >= 0.6 is 11.6 Å². The SMILES string of the molecule is Cc1cc2c(n1-c1ccc(F)c(Cl)c1)CC(C)(C)CC2O. The number of benzene rings is 1. The molecule has 1 aromatic heterocycles. The van der Waals surface area contributed by atoms with Crippen LogP contribution in [-0.2, 0) is 6.42 Å². The Morgan fingerprint density at radius 2 is 2.05 bits per heavy atom. The van der Waals surface area contributed by atoms with Gasteiger partial charge in [-0.15, -0.1) is 0 Å². The van der Waals surface area contributed by atoms with Crippen LogP contribution in [0.5, 0.6) is 0 Å². The van der Waals surface area contributed by atoms with Crippen molar-refractivity contribution in [3.63, 3.8) is 0 Å². The molecule has 2 nitrogen and oxygen atoms in total. The van der Waals surface area contributed by atoms with Gasteiger partial charge in [0.1, 0.15) is 5.82 Å². The fraction of sp³-hybridized carbons (Fsp3) is 0.412. The van der Waals surface area contributed by atoms with E-state index >= 15 is 0 Å². The lowest BCUT2D eigenvalue weighted by Crippen LogP contribution is -2.26. The molecule has 0 saturated carbocycles. The van der Waals surface area contributed by atoms with Gasteiger partial charge in [0.15, 0.2) is 0 Å². The second-order valence-corrected chi connectivity index (χ2v) is 7.09. The molecule has 1 aromatic carbocycles. The van der Waals surface area contributed by atoms with Gasteiger partial charge in [0, 0.05) is 22.6 Å². The van der Waals surface area contributed by atoms with Gasteiger partial charge in [-0.25, -0.2) is 4.39 Å². The van der Waals surface area contributed by atoms with E-state index in [9.17, 15) is 9.50 Å². The van der Waals surface area contributed by atoms with Gasteiger partial charge in [0.05, 0.1) is 11.1 Å². The minimum Gasteiger partial charge on any atom is -0.388 e. The van der Waals surface area contributed by atoms with Gasteiger partial charge >= 0.3 is 0 Å². The van der Waals surface area contributed by atoms with Crippen molar-refractivity contribution in [2.75, 3.05) is 0 Å². The van der Waals surface area contributed by atoms with Gasteiger partial charge in [-0.05, 0) is 49.4 Å². The number of hydrogen-bond donors (Lipinski definition) is 1. The number of hydrogen-bond acceptors (Lipinski definition) is 1. The number of halogens is 2. The molecule has 4 heteroatoms. The molecule has 0 bridgehead atoms. The third-order valence-electron chi connectivity index (χ3n) is 4.23. The fourth-order valence-electron chi connectivity index (χ4n) is 3.33. The Kier molecular flexibility index (Phi) is 3.38. The molecule has 1 aliphatic carbocycles. The van der Waals surface area contributed by atoms with E-state index in [-0.39, 0.29) is 10.4 Å². The smallest absolute Gasteiger partial charge is 0.141 e. The van der Waals surface area contributed by atoms with Crippen LogP contribution in [0.25, 0.3) is 5.69 Å². The first-order valence-corrected chi connectivity index (χ1v) is 7.51. The highest BCUT2D eigenvalue weighted by Crippen LogP contribution is 2.42. The standard InChI is InChI=1S/C17H19ClFNO/c1-10-6-12-15(8-17(2,3)9-16(12)21)20(10)11-4-5-14(19)13(18)7-11/h4-7,16,21H,8-9H2,1-3H3. The summed E-state index contributed by atoms with van der Waals surface area (Å²) < 4.78 is 15.5. The summed E-state index contributed by atoms with van der Waals surface area (Å²) in [4.78, 5) is 0. The summed E-state index contributed by atoms with van der Waals surface area (Å²) in [6.45, 7) is 6.31. The molecule has 112 valence electrons. The van der Waals surface area contributed by atoms with Crippen molar-refractivity contribution in [1.29, 1.82) is 0 Å². The molecular formula is C17H19ClFNO. The second kappa shape index (κ2) is 4.85. The Bertz CT molecular complexity index is 705. The summed E-state index contributed by atoms with van der Waals surface area (Å²) in [7, 11) is 0. The van der Waals surface area contributed by atoms with Gasteiger partial charge in [0.25, 0.3) is 0 Å².